The minimum atomic E-state index is -3.23. The Morgan fingerprint density at radius 2 is 1.58 bits per heavy atom. The van der Waals surface area contributed by atoms with Gasteiger partial charge in [0, 0.05) is 22.8 Å². The molecule has 6 nitrogen and oxygen atoms in total. The average Bonchev–Trinajstić information content (AvgIpc) is 3.14. The van der Waals surface area contributed by atoms with Crippen molar-refractivity contribution in [2.45, 2.75) is 13.8 Å². The van der Waals surface area contributed by atoms with Crippen molar-refractivity contribution < 1.29 is 18.8 Å². The molecule has 1 aromatic heterocycles. The third kappa shape index (κ3) is 4.79. The predicted molar refractivity (Wildman–Crippen MR) is 124 cm³/mol. The number of nitrogens with one attached hydrogen (secondary N) is 1. The van der Waals surface area contributed by atoms with Crippen molar-refractivity contribution in [1.82, 2.24) is 4.98 Å². The first-order chi connectivity index (χ1) is 15.0. The number of thiazole rings is 1. The maximum atomic E-state index is 13.9. The van der Waals surface area contributed by atoms with E-state index in [1.807, 2.05) is 60.7 Å². The first kappa shape index (κ1) is 21.1. The summed E-state index contributed by atoms with van der Waals surface area (Å²) in [6, 6.07) is 19.0. The van der Waals surface area contributed by atoms with Crippen molar-refractivity contribution in [3.8, 4) is 0 Å². The lowest BCUT2D eigenvalue weighted by atomic mass is 10.2. The molecule has 31 heavy (non-hydrogen) atoms. The molecule has 3 aromatic rings. The molecule has 158 valence electrons. The molecule has 0 saturated carbocycles. The Balaban J connectivity index is 1.72. The van der Waals surface area contributed by atoms with Crippen molar-refractivity contribution in [3.63, 3.8) is 0 Å². The molecule has 0 amide bonds. The molecule has 0 bridgehead atoms. The summed E-state index contributed by atoms with van der Waals surface area (Å²) >= 11 is 1.13. The highest BCUT2D eigenvalue weighted by atomic mass is 32.1. The third-order valence-corrected chi connectivity index (χ3v) is 7.48. The van der Waals surface area contributed by atoms with Gasteiger partial charge in [0.25, 0.3) is 0 Å². The second kappa shape index (κ2) is 8.92. The van der Waals surface area contributed by atoms with Gasteiger partial charge in [0.05, 0.1) is 12.3 Å². The van der Waals surface area contributed by atoms with Crippen LogP contribution in [0.25, 0.3) is 11.5 Å². The zero-order valence-electron chi connectivity index (χ0n) is 17.1. The number of aryl methyl sites for hydroxylation is 1. The van der Waals surface area contributed by atoms with Crippen LogP contribution in [0.2, 0.25) is 0 Å². The maximum absolute atomic E-state index is 13.9. The number of benzene rings is 2. The molecule has 0 saturated heterocycles. The number of hydrogen-bond acceptors (Lipinski definition) is 6. The Hall–Kier alpha value is -3.15. The van der Waals surface area contributed by atoms with Crippen LogP contribution in [-0.4, -0.2) is 17.6 Å². The molecule has 4 rings (SSSR count). The second-order valence-corrected chi connectivity index (χ2v) is 9.95. The summed E-state index contributed by atoms with van der Waals surface area (Å²) in [5.41, 5.74) is 2.16. The van der Waals surface area contributed by atoms with E-state index in [4.69, 9.17) is 9.47 Å². The zero-order valence-corrected chi connectivity index (χ0v) is 18.8. The summed E-state index contributed by atoms with van der Waals surface area (Å²) in [4.78, 5) is 16.9. The molecule has 2 aromatic carbocycles. The number of carbonyl (C=O) groups excluding carboxylic acids is 1. The number of nitrogens with zero attached hydrogens (tertiary/aromatic N) is 1. The Bertz CT molecular complexity index is 1140. The van der Waals surface area contributed by atoms with E-state index >= 15 is 0 Å². The maximum Gasteiger partial charge on any atom is 0.350 e. The minimum absolute atomic E-state index is 0.279. The summed E-state index contributed by atoms with van der Waals surface area (Å²) in [5.74, 6) is 3.75. The Morgan fingerprint density at radius 1 is 1.03 bits per heavy atom. The molecule has 0 unspecified atom stereocenters. The fraction of sp³-hybridized carbons (Fsp3) is 0.130. The Kier molecular flexibility index (Phi) is 6.07. The van der Waals surface area contributed by atoms with Crippen LogP contribution in [0.1, 0.15) is 33.4 Å². The molecule has 0 radical (unpaired) electrons. The van der Waals surface area contributed by atoms with Crippen molar-refractivity contribution in [3.05, 3.63) is 94.0 Å². The van der Waals surface area contributed by atoms with E-state index in [1.54, 1.807) is 25.5 Å². The van der Waals surface area contributed by atoms with E-state index in [2.05, 4.69) is 10.1 Å². The van der Waals surface area contributed by atoms with E-state index in [0.29, 0.717) is 27.2 Å². The first-order valence-corrected chi connectivity index (χ1v) is 12.4. The normalized spacial score (nSPS) is 14.8. The van der Waals surface area contributed by atoms with Crippen LogP contribution in [-0.2, 0) is 14.0 Å². The minimum Gasteiger partial charge on any atom is -0.462 e. The number of esters is 1. The van der Waals surface area contributed by atoms with Crippen LogP contribution in [0.3, 0.4) is 0 Å². The lowest BCUT2D eigenvalue weighted by Crippen LogP contribution is -2.03. The highest BCUT2D eigenvalue weighted by Crippen LogP contribution is 2.56. The van der Waals surface area contributed by atoms with E-state index in [0.717, 1.165) is 22.5 Å². The first-order valence-electron chi connectivity index (χ1n) is 9.74. The molecular formula is C23H21N2O4PS. The zero-order chi connectivity index (χ0) is 21.8. The van der Waals surface area contributed by atoms with Gasteiger partial charge in [-0.15, -0.1) is 0 Å². The quantitative estimate of drug-likeness (QED) is 0.347. The van der Waals surface area contributed by atoms with E-state index < -0.39 is 13.3 Å². The molecule has 1 N–H and O–H groups in total. The van der Waals surface area contributed by atoms with E-state index in [9.17, 15) is 9.36 Å². The van der Waals surface area contributed by atoms with Gasteiger partial charge in [-0.05, 0) is 13.8 Å². The van der Waals surface area contributed by atoms with Gasteiger partial charge in [-0.1, -0.05) is 72.0 Å². The van der Waals surface area contributed by atoms with Crippen molar-refractivity contribution in [2.75, 3.05) is 11.7 Å². The van der Waals surface area contributed by atoms with Gasteiger partial charge >= 0.3 is 5.97 Å². The fourth-order valence-electron chi connectivity index (χ4n) is 3.07. The molecular weight excluding hydrogens is 431 g/mol. The number of hydrogen-bond donors (Lipinski definition) is 1. The van der Waals surface area contributed by atoms with Crippen LogP contribution >= 0.6 is 18.6 Å². The van der Waals surface area contributed by atoms with Gasteiger partial charge in [-0.25, -0.2) is 9.78 Å². The molecule has 0 atom stereocenters. The van der Waals surface area contributed by atoms with Crippen LogP contribution in [0.5, 0.6) is 0 Å². The second-order valence-electron chi connectivity index (χ2n) is 6.80. The summed E-state index contributed by atoms with van der Waals surface area (Å²) in [6.45, 7) is 3.75. The van der Waals surface area contributed by atoms with Crippen LogP contribution in [0.15, 0.2) is 72.3 Å². The van der Waals surface area contributed by atoms with Gasteiger partial charge in [-0.3, -0.25) is 4.57 Å². The summed E-state index contributed by atoms with van der Waals surface area (Å²) in [7, 11) is -3.23. The summed E-state index contributed by atoms with van der Waals surface area (Å²) in [5, 5.41) is 3.42. The lowest BCUT2D eigenvalue weighted by molar-refractivity contribution is 0.0531. The largest absolute Gasteiger partial charge is 0.462 e. The number of anilines is 1. The lowest BCUT2D eigenvalue weighted by Gasteiger charge is -2.23. The molecule has 8 heteroatoms. The van der Waals surface area contributed by atoms with Gasteiger partial charge in [0.2, 0.25) is 7.29 Å². The van der Waals surface area contributed by atoms with Crippen LogP contribution < -0.4 is 5.09 Å². The predicted octanol–water partition coefficient (Wildman–Crippen LogP) is 6.35. The van der Waals surface area contributed by atoms with Crippen molar-refractivity contribution in [1.29, 1.82) is 0 Å². The summed E-state index contributed by atoms with van der Waals surface area (Å²) in [6.07, 6.45) is 0. The molecule has 0 fully saturated rings. The standard InChI is InChI=1S/C23H21N2O4PS/c1-3-28-22(26)21-16(2)24-23(31-21)25-30(27)14-19(17-10-6-4-7-11-17)29-20(15-30)18-12-8-5-9-13-18/h4-15H,3H2,1-2H3,(H,24,25,27). The van der Waals surface area contributed by atoms with Crippen LogP contribution in [0.4, 0.5) is 5.13 Å². The smallest absolute Gasteiger partial charge is 0.350 e. The van der Waals surface area contributed by atoms with Gasteiger partial charge in [-0.2, -0.15) is 0 Å². The fourth-order valence-corrected chi connectivity index (χ4v) is 6.05. The van der Waals surface area contributed by atoms with Crippen LogP contribution in [0, 0.1) is 6.92 Å². The van der Waals surface area contributed by atoms with Crippen molar-refractivity contribution >= 4 is 41.2 Å². The van der Waals surface area contributed by atoms with Gasteiger partial charge in [0.15, 0.2) is 5.13 Å². The summed E-state index contributed by atoms with van der Waals surface area (Å²) < 4.78 is 25.1. The molecule has 1 aliphatic rings. The van der Waals surface area contributed by atoms with Crippen molar-refractivity contribution in [2.24, 2.45) is 0 Å². The topological polar surface area (TPSA) is 77.5 Å². The van der Waals surface area contributed by atoms with E-state index in [-0.39, 0.29) is 6.61 Å². The number of aromatic nitrogens is 1. The average molecular weight is 452 g/mol. The molecule has 0 aliphatic carbocycles. The number of rotatable bonds is 6. The number of carbonyl (C=O) groups is 1. The highest BCUT2D eigenvalue weighted by molar-refractivity contribution is 7.72. The Morgan fingerprint density at radius 3 is 2.10 bits per heavy atom. The van der Waals surface area contributed by atoms with Gasteiger partial charge in [0.1, 0.15) is 16.4 Å². The molecule has 1 aliphatic heterocycles. The highest BCUT2D eigenvalue weighted by Gasteiger charge is 2.29. The SMILES string of the molecule is CCOC(=O)c1sc(NP2(=O)C=C(c3ccccc3)OC(c3ccccc3)=C2)nc1C. The monoisotopic (exact) mass is 452 g/mol. The van der Waals surface area contributed by atoms with Gasteiger partial charge < -0.3 is 14.6 Å². The third-order valence-electron chi connectivity index (χ3n) is 4.48. The van der Waals surface area contributed by atoms with E-state index in [1.165, 1.54) is 0 Å². The molecule has 0 spiro atoms. The molecule has 2 heterocycles. The number of ether oxygens (including phenoxy) is 2. The Labute approximate surface area is 184 Å².